The monoisotopic (exact) mass is 443 g/mol. The first-order valence-corrected chi connectivity index (χ1v) is 11.6. The SMILES string of the molecule is O=C1CCC(c2ccccc2)(c2ccccc2)C2CN(C(=O)Cc3ccccc3Cl)CC12. The number of nitrogens with zero attached hydrogens (tertiary/aromatic N) is 1. The molecule has 3 nitrogen and oxygen atoms in total. The Kier molecular flexibility index (Phi) is 5.60. The quantitative estimate of drug-likeness (QED) is 0.548. The second kappa shape index (κ2) is 8.55. The van der Waals surface area contributed by atoms with Crippen LogP contribution < -0.4 is 0 Å². The molecular formula is C28H26ClNO2. The van der Waals surface area contributed by atoms with Gasteiger partial charge in [-0.1, -0.05) is 90.5 Å². The standard InChI is InChI=1S/C28H26ClNO2/c29-25-14-8-7-9-20(25)17-27(32)30-18-23-24(19-30)28(16-15-26(23)31,21-10-3-1-4-11-21)22-12-5-2-6-13-22/h1-14,23-24H,15-19H2. The summed E-state index contributed by atoms with van der Waals surface area (Å²) >= 11 is 6.30. The van der Waals surface area contributed by atoms with Gasteiger partial charge in [-0.3, -0.25) is 9.59 Å². The number of benzene rings is 3. The lowest BCUT2D eigenvalue weighted by atomic mass is 9.56. The van der Waals surface area contributed by atoms with Crippen LogP contribution in [0.4, 0.5) is 0 Å². The molecule has 3 aromatic carbocycles. The average molecular weight is 444 g/mol. The Morgan fingerprint density at radius 3 is 2.09 bits per heavy atom. The molecule has 1 saturated carbocycles. The van der Waals surface area contributed by atoms with Crippen LogP contribution in [0.5, 0.6) is 0 Å². The van der Waals surface area contributed by atoms with Crippen molar-refractivity contribution < 1.29 is 9.59 Å². The molecule has 1 amide bonds. The molecule has 32 heavy (non-hydrogen) atoms. The molecule has 0 radical (unpaired) electrons. The molecule has 4 heteroatoms. The Morgan fingerprint density at radius 2 is 1.47 bits per heavy atom. The van der Waals surface area contributed by atoms with E-state index in [0.717, 1.165) is 12.0 Å². The number of ketones is 1. The molecule has 2 atom stereocenters. The van der Waals surface area contributed by atoms with Crippen LogP contribution in [-0.4, -0.2) is 29.7 Å². The van der Waals surface area contributed by atoms with Gasteiger partial charge in [-0.25, -0.2) is 0 Å². The van der Waals surface area contributed by atoms with Gasteiger partial charge in [0.05, 0.1) is 6.42 Å². The third-order valence-electron chi connectivity index (χ3n) is 7.36. The van der Waals surface area contributed by atoms with E-state index in [1.54, 1.807) is 0 Å². The maximum absolute atomic E-state index is 13.3. The Hall–Kier alpha value is -2.91. The molecule has 1 aliphatic carbocycles. The largest absolute Gasteiger partial charge is 0.341 e. The summed E-state index contributed by atoms with van der Waals surface area (Å²) in [6.07, 6.45) is 1.57. The second-order valence-corrected chi connectivity index (χ2v) is 9.36. The smallest absolute Gasteiger partial charge is 0.227 e. The fourth-order valence-corrected chi connectivity index (χ4v) is 6.00. The lowest BCUT2D eigenvalue weighted by Gasteiger charge is -2.45. The summed E-state index contributed by atoms with van der Waals surface area (Å²) in [5, 5.41) is 0.608. The third kappa shape index (κ3) is 3.55. The molecule has 2 fully saturated rings. The van der Waals surface area contributed by atoms with Gasteiger partial charge in [0.1, 0.15) is 5.78 Å². The molecule has 1 saturated heterocycles. The number of rotatable bonds is 4. The zero-order valence-corrected chi connectivity index (χ0v) is 18.7. The number of carbonyl (C=O) groups is 2. The van der Waals surface area contributed by atoms with Crippen molar-refractivity contribution in [2.45, 2.75) is 24.7 Å². The van der Waals surface area contributed by atoms with Gasteiger partial charge in [0.2, 0.25) is 5.91 Å². The number of carbonyl (C=O) groups excluding carboxylic acids is 2. The molecule has 162 valence electrons. The van der Waals surface area contributed by atoms with Crippen LogP contribution >= 0.6 is 11.6 Å². The molecule has 0 spiro atoms. The predicted molar refractivity (Wildman–Crippen MR) is 127 cm³/mol. The van der Waals surface area contributed by atoms with Crippen molar-refractivity contribution in [2.24, 2.45) is 11.8 Å². The first kappa shape index (κ1) is 21.0. The maximum Gasteiger partial charge on any atom is 0.227 e. The first-order chi connectivity index (χ1) is 15.6. The summed E-state index contributed by atoms with van der Waals surface area (Å²) in [5.74, 6) is 0.240. The zero-order valence-electron chi connectivity index (χ0n) is 17.9. The zero-order chi connectivity index (χ0) is 22.1. The summed E-state index contributed by atoms with van der Waals surface area (Å²) in [7, 11) is 0. The van der Waals surface area contributed by atoms with E-state index in [0.29, 0.717) is 24.5 Å². The summed E-state index contributed by atoms with van der Waals surface area (Å²) in [4.78, 5) is 28.2. The number of hydrogen-bond donors (Lipinski definition) is 0. The van der Waals surface area contributed by atoms with Crippen molar-refractivity contribution in [3.8, 4) is 0 Å². The van der Waals surface area contributed by atoms with Gasteiger partial charge >= 0.3 is 0 Å². The molecule has 0 N–H and O–H groups in total. The summed E-state index contributed by atoms with van der Waals surface area (Å²) in [6, 6.07) is 28.5. The van der Waals surface area contributed by atoms with Gasteiger partial charge in [0.25, 0.3) is 0 Å². The molecule has 5 rings (SSSR count). The number of fused-ring (bicyclic) bond motifs is 1. The van der Waals surface area contributed by atoms with Gasteiger partial charge in [-0.15, -0.1) is 0 Å². The van der Waals surface area contributed by atoms with Gasteiger partial charge in [0, 0.05) is 41.8 Å². The van der Waals surface area contributed by atoms with Crippen LogP contribution in [0.15, 0.2) is 84.9 Å². The lowest BCUT2D eigenvalue weighted by molar-refractivity contribution is -0.129. The van der Waals surface area contributed by atoms with Crippen molar-refractivity contribution in [1.29, 1.82) is 0 Å². The van der Waals surface area contributed by atoms with Crippen molar-refractivity contribution in [3.05, 3.63) is 107 Å². The number of likely N-dealkylation sites (tertiary alicyclic amines) is 1. The van der Waals surface area contributed by atoms with E-state index in [-0.39, 0.29) is 35.4 Å². The number of Topliss-reactive ketones (excluding diaryl/α,β-unsaturated/α-hetero) is 1. The fraction of sp³-hybridized carbons (Fsp3) is 0.286. The lowest BCUT2D eigenvalue weighted by Crippen LogP contribution is -2.47. The molecule has 1 heterocycles. The molecule has 0 bridgehead atoms. The van der Waals surface area contributed by atoms with E-state index in [9.17, 15) is 9.59 Å². The summed E-state index contributed by atoms with van der Waals surface area (Å²) in [6.45, 7) is 1.08. The fourth-order valence-electron chi connectivity index (χ4n) is 5.80. The van der Waals surface area contributed by atoms with Gasteiger partial charge in [-0.2, -0.15) is 0 Å². The van der Waals surface area contributed by atoms with Gasteiger partial charge in [-0.05, 0) is 29.2 Å². The topological polar surface area (TPSA) is 37.4 Å². The highest BCUT2D eigenvalue weighted by molar-refractivity contribution is 6.31. The van der Waals surface area contributed by atoms with Crippen LogP contribution in [0.3, 0.4) is 0 Å². The number of halogens is 1. The normalized spacial score (nSPS) is 21.9. The highest BCUT2D eigenvalue weighted by Gasteiger charge is 2.55. The van der Waals surface area contributed by atoms with E-state index in [1.165, 1.54) is 11.1 Å². The Morgan fingerprint density at radius 1 is 0.875 bits per heavy atom. The summed E-state index contributed by atoms with van der Waals surface area (Å²) in [5.41, 5.74) is 3.02. The van der Waals surface area contributed by atoms with Crippen molar-refractivity contribution in [1.82, 2.24) is 4.90 Å². The van der Waals surface area contributed by atoms with E-state index in [2.05, 4.69) is 48.5 Å². The predicted octanol–water partition coefficient (Wildman–Crippen LogP) is 5.31. The van der Waals surface area contributed by atoms with Crippen molar-refractivity contribution in [2.75, 3.05) is 13.1 Å². The molecule has 1 aliphatic heterocycles. The van der Waals surface area contributed by atoms with Crippen LogP contribution in [0, 0.1) is 11.8 Å². The Labute approximate surface area is 194 Å². The molecule has 2 aliphatic rings. The first-order valence-electron chi connectivity index (χ1n) is 11.2. The van der Waals surface area contributed by atoms with Crippen molar-refractivity contribution >= 4 is 23.3 Å². The molecule has 2 unspecified atom stereocenters. The van der Waals surface area contributed by atoms with Crippen LogP contribution in [0.1, 0.15) is 29.5 Å². The minimum absolute atomic E-state index is 0.0373. The molecule has 3 aromatic rings. The number of amides is 1. The van der Waals surface area contributed by atoms with E-state index >= 15 is 0 Å². The van der Waals surface area contributed by atoms with Gasteiger partial charge < -0.3 is 4.90 Å². The summed E-state index contributed by atoms with van der Waals surface area (Å²) < 4.78 is 0. The highest BCUT2D eigenvalue weighted by Crippen LogP contribution is 2.52. The van der Waals surface area contributed by atoms with E-state index < -0.39 is 0 Å². The number of hydrogen-bond acceptors (Lipinski definition) is 2. The Balaban J connectivity index is 1.52. The average Bonchev–Trinajstić information content (AvgIpc) is 3.29. The minimum atomic E-state index is -0.277. The van der Waals surface area contributed by atoms with Crippen LogP contribution in [0.25, 0.3) is 0 Å². The van der Waals surface area contributed by atoms with Crippen molar-refractivity contribution in [3.63, 3.8) is 0 Å². The van der Waals surface area contributed by atoms with Gasteiger partial charge in [0.15, 0.2) is 0 Å². The van der Waals surface area contributed by atoms with Crippen LogP contribution in [0.2, 0.25) is 5.02 Å². The van der Waals surface area contributed by atoms with E-state index in [4.69, 9.17) is 11.6 Å². The van der Waals surface area contributed by atoms with E-state index in [1.807, 2.05) is 41.3 Å². The minimum Gasteiger partial charge on any atom is -0.341 e. The third-order valence-corrected chi connectivity index (χ3v) is 7.73. The highest BCUT2D eigenvalue weighted by atomic mass is 35.5. The van der Waals surface area contributed by atoms with Crippen LogP contribution in [-0.2, 0) is 21.4 Å². The molecule has 0 aromatic heterocycles. The Bertz CT molecular complexity index is 1090. The maximum atomic E-state index is 13.3. The molecular weight excluding hydrogens is 418 g/mol. The second-order valence-electron chi connectivity index (χ2n) is 8.95.